The standard InChI is InChI=1S/C12H13NO5/c14-12(15)8-18-13-7-9-2-3-10-11(6-9)17-5-1-4-16-10/h2-3,6-7H,1,4-5,8H2,(H,14,15). The highest BCUT2D eigenvalue weighted by molar-refractivity contribution is 5.80. The molecule has 2 rings (SSSR count). The average Bonchev–Trinajstić information content (AvgIpc) is 2.59. The van der Waals surface area contributed by atoms with E-state index in [4.69, 9.17) is 14.6 Å². The lowest BCUT2D eigenvalue weighted by molar-refractivity contribution is -0.142. The number of oxime groups is 1. The molecule has 0 unspecified atom stereocenters. The molecule has 96 valence electrons. The molecular formula is C12H13NO5. The van der Waals surface area contributed by atoms with Crippen LogP contribution in [0.15, 0.2) is 23.4 Å². The Kier molecular flexibility index (Phi) is 4.01. The van der Waals surface area contributed by atoms with E-state index >= 15 is 0 Å². The molecule has 0 spiro atoms. The molecule has 0 bridgehead atoms. The molecule has 0 aliphatic carbocycles. The number of carbonyl (C=O) groups is 1. The van der Waals surface area contributed by atoms with Crippen molar-refractivity contribution in [2.24, 2.45) is 5.16 Å². The molecule has 1 aromatic rings. The second-order valence-electron chi connectivity index (χ2n) is 3.66. The van der Waals surface area contributed by atoms with Crippen LogP contribution in [0.2, 0.25) is 0 Å². The number of carboxylic acid groups (broad SMARTS) is 1. The van der Waals surface area contributed by atoms with Crippen LogP contribution >= 0.6 is 0 Å². The molecule has 0 saturated heterocycles. The Bertz CT molecular complexity index is 458. The molecule has 0 amide bonds. The normalized spacial score (nSPS) is 14.2. The molecule has 1 aromatic carbocycles. The van der Waals surface area contributed by atoms with Crippen molar-refractivity contribution in [2.75, 3.05) is 19.8 Å². The molecular weight excluding hydrogens is 238 g/mol. The van der Waals surface area contributed by atoms with Crippen LogP contribution in [0.4, 0.5) is 0 Å². The Morgan fingerprint density at radius 1 is 1.39 bits per heavy atom. The lowest BCUT2D eigenvalue weighted by Crippen LogP contribution is -2.03. The minimum absolute atomic E-state index is 0.457. The van der Waals surface area contributed by atoms with Gasteiger partial charge in [0.05, 0.1) is 19.4 Å². The molecule has 1 aliphatic heterocycles. The first-order valence-corrected chi connectivity index (χ1v) is 5.52. The van der Waals surface area contributed by atoms with E-state index in [9.17, 15) is 4.79 Å². The Morgan fingerprint density at radius 3 is 2.94 bits per heavy atom. The fourth-order valence-electron chi connectivity index (χ4n) is 1.45. The van der Waals surface area contributed by atoms with Gasteiger partial charge in [-0.05, 0) is 18.2 Å². The maximum absolute atomic E-state index is 10.2. The van der Waals surface area contributed by atoms with Crippen molar-refractivity contribution in [3.05, 3.63) is 23.8 Å². The van der Waals surface area contributed by atoms with E-state index < -0.39 is 12.6 Å². The average molecular weight is 251 g/mol. The maximum Gasteiger partial charge on any atom is 0.344 e. The number of ether oxygens (including phenoxy) is 2. The van der Waals surface area contributed by atoms with Crippen LogP contribution in [-0.4, -0.2) is 37.1 Å². The minimum Gasteiger partial charge on any atom is -0.490 e. The summed E-state index contributed by atoms with van der Waals surface area (Å²) >= 11 is 0. The van der Waals surface area contributed by atoms with Gasteiger partial charge in [-0.15, -0.1) is 0 Å². The number of fused-ring (bicyclic) bond motifs is 1. The number of rotatable bonds is 4. The molecule has 0 aromatic heterocycles. The smallest absolute Gasteiger partial charge is 0.344 e. The Labute approximate surface area is 104 Å². The number of carboxylic acids is 1. The highest BCUT2D eigenvalue weighted by Crippen LogP contribution is 2.29. The first-order valence-electron chi connectivity index (χ1n) is 5.52. The highest BCUT2D eigenvalue weighted by atomic mass is 16.6. The van der Waals surface area contributed by atoms with E-state index in [1.54, 1.807) is 18.2 Å². The Hall–Kier alpha value is -2.24. The van der Waals surface area contributed by atoms with E-state index in [1.165, 1.54) is 6.21 Å². The lowest BCUT2D eigenvalue weighted by Gasteiger charge is -2.06. The maximum atomic E-state index is 10.2. The van der Waals surface area contributed by atoms with Gasteiger partial charge in [-0.3, -0.25) is 0 Å². The van der Waals surface area contributed by atoms with Crippen LogP contribution in [0, 0.1) is 0 Å². The van der Waals surface area contributed by atoms with Crippen molar-refractivity contribution in [3.63, 3.8) is 0 Å². The predicted molar refractivity (Wildman–Crippen MR) is 63.2 cm³/mol. The van der Waals surface area contributed by atoms with Gasteiger partial charge in [0, 0.05) is 12.0 Å². The zero-order chi connectivity index (χ0) is 12.8. The fraction of sp³-hybridized carbons (Fsp3) is 0.333. The number of nitrogens with zero attached hydrogens (tertiary/aromatic N) is 1. The van der Waals surface area contributed by atoms with Gasteiger partial charge in [-0.25, -0.2) is 4.79 Å². The third-order valence-electron chi connectivity index (χ3n) is 2.24. The van der Waals surface area contributed by atoms with Gasteiger partial charge in [0.1, 0.15) is 0 Å². The van der Waals surface area contributed by atoms with Gasteiger partial charge in [0.2, 0.25) is 6.61 Å². The third kappa shape index (κ3) is 3.38. The second kappa shape index (κ2) is 5.90. The summed E-state index contributed by atoms with van der Waals surface area (Å²) in [5, 5.41) is 11.9. The highest BCUT2D eigenvalue weighted by Gasteiger charge is 2.09. The molecule has 0 fully saturated rings. The monoisotopic (exact) mass is 251 g/mol. The van der Waals surface area contributed by atoms with Crippen LogP contribution in [0.3, 0.4) is 0 Å². The molecule has 1 aliphatic rings. The summed E-state index contributed by atoms with van der Waals surface area (Å²) in [5.41, 5.74) is 0.754. The van der Waals surface area contributed by atoms with Crippen molar-refractivity contribution < 1.29 is 24.2 Å². The van der Waals surface area contributed by atoms with Crippen molar-refractivity contribution in [3.8, 4) is 11.5 Å². The lowest BCUT2D eigenvalue weighted by atomic mass is 10.2. The van der Waals surface area contributed by atoms with Crippen molar-refractivity contribution >= 4 is 12.2 Å². The summed E-state index contributed by atoms with van der Waals surface area (Å²) in [4.78, 5) is 14.8. The number of aliphatic carboxylic acids is 1. The molecule has 18 heavy (non-hydrogen) atoms. The first-order chi connectivity index (χ1) is 8.75. The molecule has 0 atom stereocenters. The van der Waals surface area contributed by atoms with Gasteiger partial charge in [-0.1, -0.05) is 5.16 Å². The van der Waals surface area contributed by atoms with Gasteiger partial charge >= 0.3 is 5.97 Å². The summed E-state index contributed by atoms with van der Waals surface area (Å²) in [6.45, 7) is 0.798. The number of hydrogen-bond acceptors (Lipinski definition) is 5. The van der Waals surface area contributed by atoms with E-state index in [0.717, 1.165) is 12.0 Å². The fourth-order valence-corrected chi connectivity index (χ4v) is 1.45. The van der Waals surface area contributed by atoms with E-state index in [1.807, 2.05) is 0 Å². The third-order valence-corrected chi connectivity index (χ3v) is 2.24. The Balaban J connectivity index is 2.01. The van der Waals surface area contributed by atoms with E-state index in [-0.39, 0.29) is 0 Å². The van der Waals surface area contributed by atoms with E-state index in [2.05, 4.69) is 9.99 Å². The van der Waals surface area contributed by atoms with Gasteiger partial charge in [-0.2, -0.15) is 0 Å². The summed E-state index contributed by atoms with van der Waals surface area (Å²) < 4.78 is 11.0. The molecule has 1 N–H and O–H groups in total. The molecule has 6 heteroatoms. The van der Waals surface area contributed by atoms with Crippen LogP contribution in [-0.2, 0) is 9.63 Å². The van der Waals surface area contributed by atoms with Gasteiger partial charge in [0.15, 0.2) is 11.5 Å². The summed E-state index contributed by atoms with van der Waals surface area (Å²) in [5.74, 6) is 0.302. The van der Waals surface area contributed by atoms with Crippen molar-refractivity contribution in [2.45, 2.75) is 6.42 Å². The zero-order valence-electron chi connectivity index (χ0n) is 9.67. The van der Waals surface area contributed by atoms with Gasteiger partial charge < -0.3 is 19.4 Å². The molecule has 0 radical (unpaired) electrons. The van der Waals surface area contributed by atoms with Crippen LogP contribution < -0.4 is 9.47 Å². The largest absolute Gasteiger partial charge is 0.490 e. The quantitative estimate of drug-likeness (QED) is 0.644. The van der Waals surface area contributed by atoms with Crippen LogP contribution in [0.1, 0.15) is 12.0 Å². The van der Waals surface area contributed by atoms with E-state index in [0.29, 0.717) is 24.7 Å². The SMILES string of the molecule is O=C(O)CON=Cc1ccc2c(c1)OCCCO2. The molecule has 0 saturated carbocycles. The molecule has 1 heterocycles. The van der Waals surface area contributed by atoms with Crippen LogP contribution in [0.25, 0.3) is 0 Å². The number of hydrogen-bond donors (Lipinski definition) is 1. The molecule has 6 nitrogen and oxygen atoms in total. The topological polar surface area (TPSA) is 77.4 Å². The summed E-state index contributed by atoms with van der Waals surface area (Å²) in [7, 11) is 0. The van der Waals surface area contributed by atoms with Crippen LogP contribution in [0.5, 0.6) is 11.5 Å². The van der Waals surface area contributed by atoms with Crippen molar-refractivity contribution in [1.29, 1.82) is 0 Å². The predicted octanol–water partition coefficient (Wildman–Crippen LogP) is 1.28. The van der Waals surface area contributed by atoms with Gasteiger partial charge in [0.25, 0.3) is 0 Å². The summed E-state index contributed by atoms with van der Waals surface area (Å²) in [6, 6.07) is 5.36. The summed E-state index contributed by atoms with van der Waals surface area (Å²) in [6.07, 6.45) is 2.28. The Morgan fingerprint density at radius 2 is 2.17 bits per heavy atom. The zero-order valence-corrected chi connectivity index (χ0v) is 9.67. The first kappa shape index (κ1) is 12.2. The second-order valence-corrected chi connectivity index (χ2v) is 3.66. The number of benzene rings is 1. The minimum atomic E-state index is -1.06. The van der Waals surface area contributed by atoms with Crippen molar-refractivity contribution in [1.82, 2.24) is 0 Å².